The second-order valence-corrected chi connectivity index (χ2v) is 6.61. The summed E-state index contributed by atoms with van der Waals surface area (Å²) in [5.41, 5.74) is 1.18. The number of carbonyl (C=O) groups excluding carboxylic acids is 1. The van der Waals surface area contributed by atoms with Crippen molar-refractivity contribution >= 4 is 5.91 Å². The van der Waals surface area contributed by atoms with Crippen LogP contribution >= 0.6 is 0 Å². The number of para-hydroxylation sites is 1. The molecule has 7 nitrogen and oxygen atoms in total. The Morgan fingerprint density at radius 1 is 1.07 bits per heavy atom. The quantitative estimate of drug-likeness (QED) is 0.600. The van der Waals surface area contributed by atoms with Crippen LogP contribution in [0.5, 0.6) is 28.9 Å². The van der Waals surface area contributed by atoms with E-state index in [0.717, 1.165) is 17.7 Å². The molecule has 0 saturated carbocycles. The first-order valence-corrected chi connectivity index (χ1v) is 9.76. The molecule has 1 aliphatic rings. The van der Waals surface area contributed by atoms with Crippen molar-refractivity contribution < 1.29 is 23.7 Å². The summed E-state index contributed by atoms with van der Waals surface area (Å²) in [5, 5.41) is 2.89. The summed E-state index contributed by atoms with van der Waals surface area (Å²) >= 11 is 0. The lowest BCUT2D eigenvalue weighted by Crippen LogP contribution is -2.23. The normalized spacial score (nSPS) is 11.8. The van der Waals surface area contributed by atoms with E-state index in [4.69, 9.17) is 18.9 Å². The molecule has 1 amide bonds. The maximum absolute atomic E-state index is 12.6. The van der Waals surface area contributed by atoms with Crippen molar-refractivity contribution in [3.05, 3.63) is 71.9 Å². The van der Waals surface area contributed by atoms with Crippen molar-refractivity contribution in [1.82, 2.24) is 10.3 Å². The summed E-state index contributed by atoms with van der Waals surface area (Å²) in [6.07, 6.45) is 2.60. The molecule has 0 saturated heterocycles. The third-order valence-electron chi connectivity index (χ3n) is 4.44. The van der Waals surface area contributed by atoms with Gasteiger partial charge in [-0.2, -0.15) is 0 Å². The monoisotopic (exact) mass is 406 g/mol. The summed E-state index contributed by atoms with van der Waals surface area (Å²) in [7, 11) is 0. The third-order valence-corrected chi connectivity index (χ3v) is 4.44. The molecule has 1 N–H and O–H groups in total. The van der Waals surface area contributed by atoms with Crippen molar-refractivity contribution in [2.45, 2.75) is 19.9 Å². The van der Waals surface area contributed by atoms with Crippen LogP contribution < -0.4 is 24.3 Å². The van der Waals surface area contributed by atoms with E-state index in [2.05, 4.69) is 17.2 Å². The Labute approximate surface area is 174 Å². The Bertz CT molecular complexity index is 1020. The lowest BCUT2D eigenvalue weighted by atomic mass is 10.1. The zero-order valence-corrected chi connectivity index (χ0v) is 16.6. The number of benzene rings is 2. The maximum Gasteiger partial charge on any atom is 0.255 e. The smallest absolute Gasteiger partial charge is 0.255 e. The summed E-state index contributed by atoms with van der Waals surface area (Å²) in [6, 6.07) is 16.2. The maximum atomic E-state index is 12.6. The molecule has 2 heterocycles. The summed E-state index contributed by atoms with van der Waals surface area (Å²) in [6.45, 7) is 3.10. The topological polar surface area (TPSA) is 78.9 Å². The SMILES string of the molecule is CCCOc1ccc(Oc2ncccc2CNC(=O)c2cccc3c2OCO3)cc1. The van der Waals surface area contributed by atoms with Crippen LogP contribution in [-0.2, 0) is 6.54 Å². The van der Waals surface area contributed by atoms with Gasteiger partial charge in [-0.05, 0) is 48.9 Å². The van der Waals surface area contributed by atoms with Crippen LogP contribution in [0, 0.1) is 0 Å². The standard InChI is InChI=1S/C23H22N2O5/c1-2-13-27-17-8-10-18(11-9-17)30-23-16(5-4-12-24-23)14-25-22(26)19-6-3-7-20-21(19)29-15-28-20/h3-12H,2,13-15H2,1H3,(H,25,26). The highest BCUT2D eigenvalue weighted by Gasteiger charge is 2.21. The van der Waals surface area contributed by atoms with E-state index < -0.39 is 0 Å². The molecule has 0 atom stereocenters. The van der Waals surface area contributed by atoms with E-state index in [-0.39, 0.29) is 19.2 Å². The number of aromatic nitrogens is 1. The first-order chi connectivity index (χ1) is 14.7. The highest BCUT2D eigenvalue weighted by molar-refractivity contribution is 5.97. The van der Waals surface area contributed by atoms with Crippen molar-refractivity contribution in [1.29, 1.82) is 0 Å². The van der Waals surface area contributed by atoms with Gasteiger partial charge >= 0.3 is 0 Å². The van der Waals surface area contributed by atoms with Gasteiger partial charge in [0.05, 0.1) is 12.2 Å². The van der Waals surface area contributed by atoms with Gasteiger partial charge in [0.1, 0.15) is 11.5 Å². The van der Waals surface area contributed by atoms with Crippen LogP contribution in [-0.4, -0.2) is 24.3 Å². The van der Waals surface area contributed by atoms with E-state index in [1.54, 1.807) is 30.5 Å². The number of ether oxygens (including phenoxy) is 4. The van der Waals surface area contributed by atoms with Gasteiger partial charge in [-0.3, -0.25) is 4.79 Å². The highest BCUT2D eigenvalue weighted by Crippen LogP contribution is 2.35. The number of carbonyl (C=O) groups is 1. The molecule has 1 aromatic heterocycles. The molecule has 0 unspecified atom stereocenters. The molecule has 7 heteroatoms. The number of amides is 1. The molecule has 30 heavy (non-hydrogen) atoms. The van der Waals surface area contributed by atoms with Gasteiger partial charge in [0.2, 0.25) is 12.7 Å². The molecule has 154 valence electrons. The van der Waals surface area contributed by atoms with Gasteiger partial charge in [0.15, 0.2) is 11.5 Å². The molecule has 0 aliphatic carbocycles. The number of hydrogen-bond donors (Lipinski definition) is 1. The fourth-order valence-electron chi connectivity index (χ4n) is 2.97. The minimum atomic E-state index is -0.260. The van der Waals surface area contributed by atoms with Gasteiger partial charge in [-0.25, -0.2) is 4.98 Å². The molecule has 3 aromatic rings. The van der Waals surface area contributed by atoms with Gasteiger partial charge in [-0.15, -0.1) is 0 Å². The molecule has 0 bridgehead atoms. The van der Waals surface area contributed by atoms with Gasteiger partial charge in [0, 0.05) is 18.3 Å². The summed E-state index contributed by atoms with van der Waals surface area (Å²) in [4.78, 5) is 17.0. The van der Waals surface area contributed by atoms with Crippen molar-refractivity contribution in [3.8, 4) is 28.9 Å². The molecular weight excluding hydrogens is 384 g/mol. The second kappa shape index (κ2) is 9.17. The predicted octanol–water partition coefficient (Wildman–Crippen LogP) is 4.32. The number of pyridine rings is 1. The van der Waals surface area contributed by atoms with Crippen molar-refractivity contribution in [2.24, 2.45) is 0 Å². The average molecular weight is 406 g/mol. The fraction of sp³-hybridized carbons (Fsp3) is 0.217. The zero-order valence-electron chi connectivity index (χ0n) is 16.6. The van der Waals surface area contributed by atoms with Gasteiger partial charge in [0.25, 0.3) is 5.91 Å². The molecule has 0 fully saturated rings. The fourth-order valence-corrected chi connectivity index (χ4v) is 2.97. The number of hydrogen-bond acceptors (Lipinski definition) is 6. The van der Waals surface area contributed by atoms with Crippen LogP contribution in [0.4, 0.5) is 0 Å². The molecule has 1 aliphatic heterocycles. The van der Waals surface area contributed by atoms with E-state index >= 15 is 0 Å². The average Bonchev–Trinajstić information content (AvgIpc) is 3.27. The van der Waals surface area contributed by atoms with E-state index in [1.807, 2.05) is 30.3 Å². The first-order valence-electron chi connectivity index (χ1n) is 9.76. The van der Waals surface area contributed by atoms with Crippen LogP contribution in [0.1, 0.15) is 29.3 Å². The van der Waals surface area contributed by atoms with Crippen molar-refractivity contribution in [3.63, 3.8) is 0 Å². The Morgan fingerprint density at radius 3 is 2.73 bits per heavy atom. The zero-order chi connectivity index (χ0) is 20.8. The summed E-state index contributed by atoms with van der Waals surface area (Å²) < 4.78 is 22.2. The minimum Gasteiger partial charge on any atom is -0.494 e. The van der Waals surface area contributed by atoms with Gasteiger partial charge < -0.3 is 24.3 Å². The molecule has 2 aromatic carbocycles. The number of nitrogens with one attached hydrogen (secondary N) is 1. The van der Waals surface area contributed by atoms with Crippen LogP contribution in [0.15, 0.2) is 60.8 Å². The lowest BCUT2D eigenvalue weighted by molar-refractivity contribution is 0.0946. The van der Waals surface area contributed by atoms with E-state index in [1.165, 1.54) is 0 Å². The number of rotatable bonds is 8. The number of nitrogens with zero attached hydrogens (tertiary/aromatic N) is 1. The molecule has 0 radical (unpaired) electrons. The van der Waals surface area contributed by atoms with Crippen LogP contribution in [0.3, 0.4) is 0 Å². The van der Waals surface area contributed by atoms with Gasteiger partial charge in [-0.1, -0.05) is 19.1 Å². The molecule has 4 rings (SSSR count). The Morgan fingerprint density at radius 2 is 1.90 bits per heavy atom. The lowest BCUT2D eigenvalue weighted by Gasteiger charge is -2.12. The Hall–Kier alpha value is -3.74. The van der Waals surface area contributed by atoms with E-state index in [0.29, 0.717) is 35.3 Å². The Balaban J connectivity index is 1.42. The minimum absolute atomic E-state index is 0.114. The van der Waals surface area contributed by atoms with Crippen LogP contribution in [0.25, 0.3) is 0 Å². The molecular formula is C23H22N2O5. The third kappa shape index (κ3) is 4.46. The molecule has 0 spiro atoms. The van der Waals surface area contributed by atoms with Crippen LogP contribution in [0.2, 0.25) is 0 Å². The highest BCUT2D eigenvalue weighted by atomic mass is 16.7. The number of fused-ring (bicyclic) bond motifs is 1. The van der Waals surface area contributed by atoms with Crippen molar-refractivity contribution in [2.75, 3.05) is 13.4 Å². The second-order valence-electron chi connectivity index (χ2n) is 6.61. The largest absolute Gasteiger partial charge is 0.494 e. The first kappa shape index (κ1) is 19.6. The predicted molar refractivity (Wildman–Crippen MR) is 110 cm³/mol. The summed E-state index contributed by atoms with van der Waals surface area (Å²) in [5.74, 6) is 2.63. The Kier molecular flexibility index (Phi) is 5.98. The van der Waals surface area contributed by atoms with E-state index in [9.17, 15) is 4.79 Å².